The van der Waals surface area contributed by atoms with Crippen molar-refractivity contribution in [2.45, 2.75) is 64.1 Å². The van der Waals surface area contributed by atoms with E-state index in [-0.39, 0.29) is 11.8 Å². The highest BCUT2D eigenvalue weighted by molar-refractivity contribution is 5.87. The average molecular weight is 228 g/mol. The van der Waals surface area contributed by atoms with Crippen LogP contribution in [0.4, 0.5) is 0 Å². The zero-order valence-corrected chi connectivity index (χ0v) is 10.9. The predicted octanol–water partition coefficient (Wildman–Crippen LogP) is 0.779. The molecule has 0 aromatic carbocycles. The summed E-state index contributed by atoms with van der Waals surface area (Å²) in [6, 6.07) is 0. The minimum Gasteiger partial charge on any atom is -0.388 e. The van der Waals surface area contributed by atoms with Gasteiger partial charge in [0, 0.05) is 0 Å². The second-order valence-corrected chi connectivity index (χ2v) is 6.20. The summed E-state index contributed by atoms with van der Waals surface area (Å²) < 4.78 is 0. The lowest BCUT2D eigenvalue weighted by Gasteiger charge is -2.40. The Balaban J connectivity index is 2.70. The van der Waals surface area contributed by atoms with Gasteiger partial charge >= 0.3 is 0 Å². The normalized spacial score (nSPS) is 21.4. The molecule has 0 heterocycles. The fourth-order valence-corrected chi connectivity index (χ4v) is 1.44. The molecule has 0 saturated heterocycles. The maximum atomic E-state index is 12.1. The van der Waals surface area contributed by atoms with E-state index in [9.17, 15) is 9.90 Å². The maximum absolute atomic E-state index is 12.1. The van der Waals surface area contributed by atoms with Gasteiger partial charge in [-0.1, -0.05) is 0 Å². The number of nitrogens with two attached hydrogens (primary N) is 1. The van der Waals surface area contributed by atoms with Crippen molar-refractivity contribution >= 4 is 5.91 Å². The second-order valence-electron chi connectivity index (χ2n) is 6.20. The lowest BCUT2D eigenvalue weighted by Crippen LogP contribution is -2.64. The van der Waals surface area contributed by atoms with E-state index in [1.165, 1.54) is 0 Å². The first kappa shape index (κ1) is 13.5. The van der Waals surface area contributed by atoms with Crippen molar-refractivity contribution in [1.29, 1.82) is 0 Å². The third kappa shape index (κ3) is 2.55. The van der Waals surface area contributed by atoms with Crippen LogP contribution in [0.5, 0.6) is 0 Å². The number of amides is 1. The molecule has 1 aliphatic carbocycles. The number of nitrogens with one attached hydrogen (secondary N) is 1. The van der Waals surface area contributed by atoms with Crippen molar-refractivity contribution in [1.82, 2.24) is 5.32 Å². The summed E-state index contributed by atoms with van der Waals surface area (Å²) in [6.45, 7) is 8.72. The molecule has 1 amide bonds. The molecule has 0 bridgehead atoms. The summed E-state index contributed by atoms with van der Waals surface area (Å²) in [6.07, 6.45) is 2.03. The van der Waals surface area contributed by atoms with Crippen LogP contribution in [0.2, 0.25) is 0 Å². The van der Waals surface area contributed by atoms with Gasteiger partial charge in [0.2, 0.25) is 5.91 Å². The summed E-state index contributed by atoms with van der Waals surface area (Å²) in [4.78, 5) is 12.1. The van der Waals surface area contributed by atoms with Gasteiger partial charge in [-0.3, -0.25) is 4.79 Å². The molecule has 0 aliphatic heterocycles. The Morgan fingerprint density at radius 1 is 1.25 bits per heavy atom. The van der Waals surface area contributed by atoms with Crippen LogP contribution in [0.15, 0.2) is 0 Å². The number of hydrogen-bond donors (Lipinski definition) is 3. The maximum Gasteiger partial charge on any atom is 0.240 e. The molecule has 1 rings (SSSR count). The summed E-state index contributed by atoms with van der Waals surface area (Å²) in [5.41, 5.74) is 3.53. The monoisotopic (exact) mass is 228 g/mol. The third-order valence-corrected chi connectivity index (χ3v) is 3.87. The van der Waals surface area contributed by atoms with Gasteiger partial charge in [-0.2, -0.15) is 0 Å². The minimum absolute atomic E-state index is 0.179. The number of rotatable bonds is 4. The van der Waals surface area contributed by atoms with Crippen LogP contribution in [0, 0.1) is 5.92 Å². The van der Waals surface area contributed by atoms with E-state index in [1.54, 1.807) is 34.6 Å². The highest BCUT2D eigenvalue weighted by atomic mass is 16.3. The van der Waals surface area contributed by atoms with E-state index in [0.717, 1.165) is 12.8 Å². The first-order chi connectivity index (χ1) is 6.98. The molecule has 4 nitrogen and oxygen atoms in total. The molecule has 0 radical (unpaired) electrons. The summed E-state index contributed by atoms with van der Waals surface area (Å²) in [5, 5.41) is 12.8. The van der Waals surface area contributed by atoms with Crippen LogP contribution < -0.4 is 11.1 Å². The lowest BCUT2D eigenvalue weighted by molar-refractivity contribution is -0.131. The van der Waals surface area contributed by atoms with Crippen LogP contribution in [0.25, 0.3) is 0 Å². The van der Waals surface area contributed by atoms with Crippen LogP contribution in [-0.2, 0) is 4.79 Å². The Morgan fingerprint density at radius 2 is 1.69 bits per heavy atom. The van der Waals surface area contributed by atoms with Gasteiger partial charge in [-0.25, -0.2) is 0 Å². The minimum atomic E-state index is -0.984. The Morgan fingerprint density at radius 3 is 2.00 bits per heavy atom. The Hall–Kier alpha value is -0.610. The standard InChI is InChI=1S/C12H24N2O2/c1-10(2,11(3,4)16)14-9(15)12(5,13)8-6-7-8/h8,16H,6-7,13H2,1-5H3,(H,14,15). The summed E-state index contributed by atoms with van der Waals surface area (Å²) >= 11 is 0. The van der Waals surface area contributed by atoms with Gasteiger partial charge in [0.25, 0.3) is 0 Å². The van der Waals surface area contributed by atoms with Crippen molar-refractivity contribution in [2.75, 3.05) is 0 Å². The van der Waals surface area contributed by atoms with Crippen LogP contribution in [0.3, 0.4) is 0 Å². The molecule has 0 spiro atoms. The molecule has 1 fully saturated rings. The Bertz CT molecular complexity index is 286. The molecule has 4 heteroatoms. The SMILES string of the molecule is CC(N)(C(=O)NC(C)(C)C(C)(C)O)C1CC1. The van der Waals surface area contributed by atoms with Crippen LogP contribution in [0.1, 0.15) is 47.5 Å². The van der Waals surface area contributed by atoms with Gasteiger partial charge in [-0.05, 0) is 53.4 Å². The zero-order valence-electron chi connectivity index (χ0n) is 10.9. The molecule has 0 aromatic rings. The fourth-order valence-electron chi connectivity index (χ4n) is 1.44. The fraction of sp³-hybridized carbons (Fsp3) is 0.917. The van der Waals surface area contributed by atoms with Crippen molar-refractivity contribution in [3.8, 4) is 0 Å². The molecule has 1 atom stereocenters. The summed E-state index contributed by atoms with van der Waals surface area (Å²) in [7, 11) is 0. The third-order valence-electron chi connectivity index (χ3n) is 3.87. The molecule has 16 heavy (non-hydrogen) atoms. The molecule has 94 valence electrons. The molecular formula is C12H24N2O2. The quantitative estimate of drug-likeness (QED) is 0.665. The van der Waals surface area contributed by atoms with E-state index in [4.69, 9.17) is 5.73 Å². The Labute approximate surface area is 97.6 Å². The van der Waals surface area contributed by atoms with Crippen molar-refractivity contribution < 1.29 is 9.90 Å². The van der Waals surface area contributed by atoms with Gasteiger partial charge in [0.1, 0.15) is 0 Å². The average Bonchev–Trinajstić information content (AvgIpc) is 2.82. The first-order valence-electron chi connectivity index (χ1n) is 5.82. The van der Waals surface area contributed by atoms with Gasteiger partial charge in [0.05, 0.1) is 16.7 Å². The van der Waals surface area contributed by atoms with Crippen LogP contribution >= 0.6 is 0 Å². The molecule has 1 aliphatic rings. The molecule has 1 unspecified atom stereocenters. The Kier molecular flexibility index (Phi) is 3.12. The van der Waals surface area contributed by atoms with Crippen molar-refractivity contribution in [2.24, 2.45) is 11.7 Å². The summed E-state index contributed by atoms with van der Waals surface area (Å²) in [5.74, 6) is 0.104. The number of carbonyl (C=O) groups is 1. The van der Waals surface area contributed by atoms with E-state index < -0.39 is 16.7 Å². The topological polar surface area (TPSA) is 75.4 Å². The smallest absolute Gasteiger partial charge is 0.240 e. The predicted molar refractivity (Wildman–Crippen MR) is 63.8 cm³/mol. The first-order valence-corrected chi connectivity index (χ1v) is 5.82. The number of aliphatic hydroxyl groups is 1. The van der Waals surface area contributed by atoms with Crippen molar-refractivity contribution in [3.63, 3.8) is 0 Å². The largest absolute Gasteiger partial charge is 0.388 e. The highest BCUT2D eigenvalue weighted by Crippen LogP contribution is 2.38. The number of hydrogen-bond acceptors (Lipinski definition) is 3. The molecule has 0 aromatic heterocycles. The zero-order chi connectivity index (χ0) is 12.8. The van der Waals surface area contributed by atoms with Gasteiger partial charge in [-0.15, -0.1) is 0 Å². The van der Waals surface area contributed by atoms with E-state index in [2.05, 4.69) is 5.32 Å². The molecule has 4 N–H and O–H groups in total. The lowest BCUT2D eigenvalue weighted by atomic mass is 9.84. The highest BCUT2D eigenvalue weighted by Gasteiger charge is 2.47. The van der Waals surface area contributed by atoms with Crippen molar-refractivity contribution in [3.05, 3.63) is 0 Å². The molecule has 1 saturated carbocycles. The van der Waals surface area contributed by atoms with Gasteiger partial charge < -0.3 is 16.2 Å². The van der Waals surface area contributed by atoms with E-state index in [1.807, 2.05) is 0 Å². The van der Waals surface area contributed by atoms with Gasteiger partial charge in [0.15, 0.2) is 0 Å². The van der Waals surface area contributed by atoms with Crippen LogP contribution in [-0.4, -0.2) is 27.7 Å². The second kappa shape index (κ2) is 3.70. The van der Waals surface area contributed by atoms with E-state index in [0.29, 0.717) is 0 Å². The number of carbonyl (C=O) groups excluding carboxylic acids is 1. The van der Waals surface area contributed by atoms with E-state index >= 15 is 0 Å². The molecular weight excluding hydrogens is 204 g/mol.